The summed E-state index contributed by atoms with van der Waals surface area (Å²) in [6.07, 6.45) is 1.60. The molecule has 4 nitrogen and oxygen atoms in total. The number of benzene rings is 2. The summed E-state index contributed by atoms with van der Waals surface area (Å²) >= 11 is 3.35. The van der Waals surface area contributed by atoms with Gasteiger partial charge < -0.3 is 10.3 Å². The number of hydrogen-bond donors (Lipinski definition) is 2. The van der Waals surface area contributed by atoms with E-state index in [1.165, 1.54) is 0 Å². The smallest absolute Gasteiger partial charge is 0.124 e. The summed E-state index contributed by atoms with van der Waals surface area (Å²) in [5, 5.41) is 21.5. The van der Waals surface area contributed by atoms with Crippen LogP contribution < -0.4 is 0 Å². The molecule has 0 bridgehead atoms. The molecule has 2 aromatic rings. The Labute approximate surface area is 125 Å². The fraction of sp³-hybridized carbons (Fsp3) is 0.0667. The fourth-order valence-electron chi connectivity index (χ4n) is 1.62. The molecular formula is C15H13BrN2O2. The molecule has 0 fully saturated rings. The molecule has 2 rings (SSSR count). The second kappa shape index (κ2) is 6.34. The summed E-state index contributed by atoms with van der Waals surface area (Å²) in [7, 11) is 0. The number of hydrogen-bond acceptors (Lipinski definition) is 4. The van der Waals surface area contributed by atoms with Gasteiger partial charge in [-0.05, 0) is 42.8 Å². The van der Waals surface area contributed by atoms with Gasteiger partial charge in [-0.15, -0.1) is 0 Å². The maximum absolute atomic E-state index is 9.71. The van der Waals surface area contributed by atoms with Crippen molar-refractivity contribution in [2.75, 3.05) is 0 Å². The van der Waals surface area contributed by atoms with Gasteiger partial charge >= 0.3 is 0 Å². The van der Waals surface area contributed by atoms with Crippen LogP contribution in [0.25, 0.3) is 0 Å². The Morgan fingerprint density at radius 2 is 1.85 bits per heavy atom. The molecule has 0 spiro atoms. The number of oxime groups is 1. The van der Waals surface area contributed by atoms with Crippen LogP contribution in [0.5, 0.6) is 5.75 Å². The topological polar surface area (TPSA) is 65.2 Å². The van der Waals surface area contributed by atoms with Crippen LogP contribution in [0.2, 0.25) is 0 Å². The summed E-state index contributed by atoms with van der Waals surface area (Å²) in [6.45, 7) is 1.72. The summed E-state index contributed by atoms with van der Waals surface area (Å²) < 4.78 is 0.877. The molecule has 0 saturated carbocycles. The van der Waals surface area contributed by atoms with Gasteiger partial charge in [-0.2, -0.15) is 0 Å². The average molecular weight is 333 g/mol. The van der Waals surface area contributed by atoms with Crippen molar-refractivity contribution in [1.82, 2.24) is 0 Å². The largest absolute Gasteiger partial charge is 0.507 e. The van der Waals surface area contributed by atoms with Crippen molar-refractivity contribution in [2.24, 2.45) is 10.1 Å². The first-order valence-electron chi connectivity index (χ1n) is 5.92. The number of rotatable bonds is 3. The van der Waals surface area contributed by atoms with Crippen LogP contribution in [0.15, 0.2) is 57.1 Å². The molecular weight excluding hydrogens is 320 g/mol. The van der Waals surface area contributed by atoms with E-state index in [-0.39, 0.29) is 5.75 Å². The van der Waals surface area contributed by atoms with Crippen LogP contribution in [0.1, 0.15) is 18.1 Å². The molecule has 0 aliphatic rings. The molecule has 0 heterocycles. The number of aromatic hydroxyl groups is 1. The van der Waals surface area contributed by atoms with E-state index in [0.29, 0.717) is 11.3 Å². The van der Waals surface area contributed by atoms with Crippen molar-refractivity contribution < 1.29 is 10.3 Å². The molecule has 0 aliphatic heterocycles. The van der Waals surface area contributed by atoms with Gasteiger partial charge in [0.25, 0.3) is 0 Å². The summed E-state index contributed by atoms with van der Waals surface area (Å²) in [5.74, 6) is 0.178. The summed E-state index contributed by atoms with van der Waals surface area (Å²) in [4.78, 5) is 4.30. The minimum absolute atomic E-state index is 0.178. The van der Waals surface area contributed by atoms with Gasteiger partial charge in [-0.3, -0.25) is 4.99 Å². The SMILES string of the molecule is C/C(=N/O)c1ccc(N=Cc2cc(Br)ccc2O)cc1. The Balaban J connectivity index is 2.21. The molecule has 0 unspecified atom stereocenters. The van der Waals surface area contributed by atoms with Gasteiger partial charge in [0.2, 0.25) is 0 Å². The van der Waals surface area contributed by atoms with Crippen molar-refractivity contribution in [3.8, 4) is 5.75 Å². The van der Waals surface area contributed by atoms with Crippen LogP contribution >= 0.6 is 15.9 Å². The van der Waals surface area contributed by atoms with Crippen LogP contribution in [-0.4, -0.2) is 22.2 Å². The highest BCUT2D eigenvalue weighted by Crippen LogP contribution is 2.21. The minimum atomic E-state index is 0.178. The molecule has 0 saturated heterocycles. The van der Waals surface area contributed by atoms with Gasteiger partial charge in [-0.1, -0.05) is 33.2 Å². The average Bonchev–Trinajstić information content (AvgIpc) is 2.48. The Morgan fingerprint density at radius 1 is 1.15 bits per heavy atom. The first-order chi connectivity index (χ1) is 9.60. The molecule has 2 N–H and O–H groups in total. The van der Waals surface area contributed by atoms with Gasteiger partial charge in [0, 0.05) is 16.3 Å². The fourth-order valence-corrected chi connectivity index (χ4v) is 2.00. The lowest BCUT2D eigenvalue weighted by atomic mass is 10.1. The third-order valence-electron chi connectivity index (χ3n) is 2.78. The zero-order valence-electron chi connectivity index (χ0n) is 10.8. The number of phenols is 1. The Morgan fingerprint density at radius 3 is 2.50 bits per heavy atom. The second-order valence-corrected chi connectivity index (χ2v) is 5.11. The second-order valence-electron chi connectivity index (χ2n) is 4.19. The lowest BCUT2D eigenvalue weighted by molar-refractivity contribution is 0.319. The van der Waals surface area contributed by atoms with E-state index in [0.717, 1.165) is 15.7 Å². The van der Waals surface area contributed by atoms with Gasteiger partial charge in [0.05, 0.1) is 11.4 Å². The third kappa shape index (κ3) is 3.45. The highest BCUT2D eigenvalue weighted by atomic mass is 79.9. The number of aliphatic imine (C=N–C) groups is 1. The highest BCUT2D eigenvalue weighted by molar-refractivity contribution is 9.10. The zero-order valence-corrected chi connectivity index (χ0v) is 12.4. The quantitative estimate of drug-likeness (QED) is 0.504. The summed E-state index contributed by atoms with van der Waals surface area (Å²) in [6, 6.07) is 12.4. The maximum Gasteiger partial charge on any atom is 0.124 e. The number of halogens is 1. The van der Waals surface area contributed by atoms with E-state index in [9.17, 15) is 5.11 Å². The number of nitrogens with zero attached hydrogens (tertiary/aromatic N) is 2. The predicted octanol–water partition coefficient (Wildman–Crippen LogP) is 4.10. The number of phenolic OH excluding ortho intramolecular Hbond substituents is 1. The molecule has 0 atom stereocenters. The Bertz CT molecular complexity index is 664. The van der Waals surface area contributed by atoms with Crippen LogP contribution in [-0.2, 0) is 0 Å². The molecule has 0 radical (unpaired) electrons. The summed E-state index contributed by atoms with van der Waals surface area (Å²) in [5.41, 5.74) is 2.76. The molecule has 20 heavy (non-hydrogen) atoms. The zero-order chi connectivity index (χ0) is 14.5. The molecule has 102 valence electrons. The van der Waals surface area contributed by atoms with Crippen molar-refractivity contribution in [1.29, 1.82) is 0 Å². The van der Waals surface area contributed by atoms with Crippen molar-refractivity contribution >= 4 is 33.5 Å². The molecule has 0 aromatic heterocycles. The highest BCUT2D eigenvalue weighted by Gasteiger charge is 2.00. The maximum atomic E-state index is 9.71. The molecule has 5 heteroatoms. The van der Waals surface area contributed by atoms with Crippen LogP contribution in [0, 0.1) is 0 Å². The van der Waals surface area contributed by atoms with Crippen molar-refractivity contribution in [2.45, 2.75) is 6.92 Å². The first-order valence-corrected chi connectivity index (χ1v) is 6.71. The first kappa shape index (κ1) is 14.3. The Kier molecular flexibility index (Phi) is 4.53. The van der Waals surface area contributed by atoms with Gasteiger partial charge in [0.1, 0.15) is 5.75 Å². The van der Waals surface area contributed by atoms with E-state index in [2.05, 4.69) is 26.1 Å². The molecule has 0 aliphatic carbocycles. The molecule has 0 amide bonds. The van der Waals surface area contributed by atoms with Crippen molar-refractivity contribution in [3.63, 3.8) is 0 Å². The van der Waals surface area contributed by atoms with Gasteiger partial charge in [-0.25, -0.2) is 0 Å². The van der Waals surface area contributed by atoms with E-state index in [1.807, 2.05) is 24.3 Å². The standard InChI is InChI=1S/C15H13BrN2O2/c1-10(18-20)11-2-5-14(6-3-11)17-9-12-8-13(16)4-7-15(12)19/h2-9,19-20H,1H3/b17-9?,18-10-. The third-order valence-corrected chi connectivity index (χ3v) is 3.27. The monoisotopic (exact) mass is 332 g/mol. The van der Waals surface area contributed by atoms with E-state index in [1.54, 1.807) is 31.3 Å². The molecule has 2 aromatic carbocycles. The normalized spacial score (nSPS) is 12.0. The van der Waals surface area contributed by atoms with E-state index < -0.39 is 0 Å². The minimum Gasteiger partial charge on any atom is -0.507 e. The van der Waals surface area contributed by atoms with Crippen LogP contribution in [0.3, 0.4) is 0 Å². The van der Waals surface area contributed by atoms with Gasteiger partial charge in [0.15, 0.2) is 0 Å². The van der Waals surface area contributed by atoms with Crippen LogP contribution in [0.4, 0.5) is 5.69 Å². The lowest BCUT2D eigenvalue weighted by Crippen LogP contribution is -1.92. The van der Waals surface area contributed by atoms with Crippen molar-refractivity contribution in [3.05, 3.63) is 58.1 Å². The van der Waals surface area contributed by atoms with E-state index >= 15 is 0 Å². The van der Waals surface area contributed by atoms with E-state index in [4.69, 9.17) is 5.21 Å². The predicted molar refractivity (Wildman–Crippen MR) is 83.5 cm³/mol. The Hall–Kier alpha value is -2.14. The lowest BCUT2D eigenvalue weighted by Gasteiger charge is -2.01.